The van der Waals surface area contributed by atoms with Crippen molar-refractivity contribution in [2.24, 2.45) is 0 Å². The zero-order valence-corrected chi connectivity index (χ0v) is 12.4. The van der Waals surface area contributed by atoms with E-state index in [1.165, 1.54) is 19.2 Å². The van der Waals surface area contributed by atoms with E-state index >= 15 is 0 Å². The Kier molecular flexibility index (Phi) is 4.57. The number of carbonyl (C=O) groups excluding carboxylic acids is 1. The van der Waals surface area contributed by atoms with Gasteiger partial charge < -0.3 is 15.0 Å². The molecule has 1 aromatic carbocycles. The number of halogens is 2. The molecular weight excluding hydrogens is 329 g/mol. The maximum Gasteiger partial charge on any atom is 0.244 e. The number of rotatable bonds is 2. The molecular formula is C13H13BrFN3O2. The van der Waals surface area contributed by atoms with Crippen LogP contribution in [0.15, 0.2) is 16.6 Å². The number of morpholine rings is 1. The number of nitrogens with one attached hydrogen (secondary N) is 1. The molecule has 1 aliphatic rings. The lowest BCUT2D eigenvalue weighted by atomic mass is 10.1. The second kappa shape index (κ2) is 6.20. The van der Waals surface area contributed by atoms with Crippen molar-refractivity contribution < 1.29 is 13.9 Å². The summed E-state index contributed by atoms with van der Waals surface area (Å²) in [7, 11) is 1.53. The summed E-state index contributed by atoms with van der Waals surface area (Å²) in [6.07, 6.45) is 0. The summed E-state index contributed by atoms with van der Waals surface area (Å²) in [5.74, 6) is -0.774. The van der Waals surface area contributed by atoms with Gasteiger partial charge in [-0.05, 0) is 28.1 Å². The molecule has 0 radical (unpaired) electrons. The van der Waals surface area contributed by atoms with Crippen LogP contribution >= 0.6 is 15.9 Å². The van der Waals surface area contributed by atoms with Crippen molar-refractivity contribution in [3.63, 3.8) is 0 Å². The monoisotopic (exact) mass is 341 g/mol. The zero-order valence-electron chi connectivity index (χ0n) is 10.8. The number of anilines is 1. The largest absolute Gasteiger partial charge is 0.377 e. The summed E-state index contributed by atoms with van der Waals surface area (Å²) in [5.41, 5.74) is 0.503. The molecule has 1 amide bonds. The summed E-state index contributed by atoms with van der Waals surface area (Å²) >= 11 is 3.08. The minimum absolute atomic E-state index is 0.111. The van der Waals surface area contributed by atoms with E-state index < -0.39 is 11.9 Å². The average Bonchev–Trinajstić information content (AvgIpc) is 2.49. The Morgan fingerprint density at radius 2 is 2.40 bits per heavy atom. The zero-order chi connectivity index (χ0) is 14.7. The molecule has 1 saturated heterocycles. The van der Waals surface area contributed by atoms with E-state index in [2.05, 4.69) is 21.2 Å². The van der Waals surface area contributed by atoms with Crippen LogP contribution in [0.5, 0.6) is 0 Å². The molecule has 2 rings (SSSR count). The van der Waals surface area contributed by atoms with Crippen molar-refractivity contribution in [1.82, 2.24) is 5.32 Å². The minimum Gasteiger partial charge on any atom is -0.377 e. The SMILES string of the molecule is CNC(=O)C1COCCN1c1ccc(C#N)c(Br)c1F. The van der Waals surface area contributed by atoms with Gasteiger partial charge in [-0.2, -0.15) is 5.26 Å². The van der Waals surface area contributed by atoms with Crippen LogP contribution in [-0.2, 0) is 9.53 Å². The highest BCUT2D eigenvalue weighted by molar-refractivity contribution is 9.10. The number of nitriles is 1. The topological polar surface area (TPSA) is 65.4 Å². The van der Waals surface area contributed by atoms with Crippen LogP contribution in [-0.4, -0.2) is 38.8 Å². The van der Waals surface area contributed by atoms with Gasteiger partial charge in [0.1, 0.15) is 12.1 Å². The van der Waals surface area contributed by atoms with Gasteiger partial charge in [-0.15, -0.1) is 0 Å². The van der Waals surface area contributed by atoms with E-state index in [1.54, 1.807) is 4.90 Å². The fourth-order valence-corrected chi connectivity index (χ4v) is 2.55. The Morgan fingerprint density at radius 1 is 1.65 bits per heavy atom. The molecule has 0 spiro atoms. The molecule has 1 N–H and O–H groups in total. The van der Waals surface area contributed by atoms with E-state index in [0.717, 1.165) is 0 Å². The molecule has 106 valence electrons. The molecule has 0 bridgehead atoms. The molecule has 0 aromatic heterocycles. The van der Waals surface area contributed by atoms with Crippen molar-refractivity contribution >= 4 is 27.5 Å². The normalized spacial score (nSPS) is 18.5. The van der Waals surface area contributed by atoms with Crippen LogP contribution in [0.3, 0.4) is 0 Å². The molecule has 1 aromatic rings. The van der Waals surface area contributed by atoms with Crippen molar-refractivity contribution in [3.8, 4) is 6.07 Å². The molecule has 1 unspecified atom stereocenters. The fourth-order valence-electron chi connectivity index (χ4n) is 2.12. The van der Waals surface area contributed by atoms with Gasteiger partial charge in [0.15, 0.2) is 5.82 Å². The first kappa shape index (κ1) is 14.8. The van der Waals surface area contributed by atoms with Gasteiger partial charge >= 0.3 is 0 Å². The second-order valence-electron chi connectivity index (χ2n) is 4.27. The highest BCUT2D eigenvalue weighted by atomic mass is 79.9. The van der Waals surface area contributed by atoms with Gasteiger partial charge in [-0.3, -0.25) is 4.79 Å². The molecule has 5 nitrogen and oxygen atoms in total. The molecule has 1 heterocycles. The number of likely N-dealkylation sites (N-methyl/N-ethyl adjacent to an activating group) is 1. The van der Waals surface area contributed by atoms with E-state index in [0.29, 0.717) is 13.2 Å². The predicted molar refractivity (Wildman–Crippen MR) is 74.8 cm³/mol. The van der Waals surface area contributed by atoms with Crippen LogP contribution in [0, 0.1) is 17.1 Å². The van der Waals surface area contributed by atoms with Gasteiger partial charge in [0.05, 0.1) is 28.9 Å². The lowest BCUT2D eigenvalue weighted by Gasteiger charge is -2.36. The van der Waals surface area contributed by atoms with Crippen LogP contribution in [0.1, 0.15) is 5.56 Å². The lowest BCUT2D eigenvalue weighted by Crippen LogP contribution is -2.53. The van der Waals surface area contributed by atoms with Gasteiger partial charge in [0.25, 0.3) is 0 Å². The minimum atomic E-state index is -0.580. The third kappa shape index (κ3) is 2.62. The smallest absolute Gasteiger partial charge is 0.244 e. The summed E-state index contributed by atoms with van der Waals surface area (Å²) < 4.78 is 19.8. The maximum atomic E-state index is 14.4. The summed E-state index contributed by atoms with van der Waals surface area (Å²) in [4.78, 5) is 13.5. The van der Waals surface area contributed by atoms with E-state index in [-0.39, 0.29) is 28.2 Å². The van der Waals surface area contributed by atoms with Crippen LogP contribution < -0.4 is 10.2 Å². The van der Waals surface area contributed by atoms with E-state index in [1.807, 2.05) is 6.07 Å². The third-order valence-corrected chi connectivity index (χ3v) is 3.94. The van der Waals surface area contributed by atoms with Crippen molar-refractivity contribution in [2.45, 2.75) is 6.04 Å². The van der Waals surface area contributed by atoms with Crippen LogP contribution in [0.25, 0.3) is 0 Å². The van der Waals surface area contributed by atoms with E-state index in [4.69, 9.17) is 10.00 Å². The number of carbonyl (C=O) groups is 1. The fraction of sp³-hybridized carbons (Fsp3) is 0.385. The number of ether oxygens (including phenoxy) is 1. The Bertz CT molecular complexity index is 573. The molecule has 20 heavy (non-hydrogen) atoms. The number of nitrogens with zero attached hydrogens (tertiary/aromatic N) is 2. The van der Waals surface area contributed by atoms with E-state index in [9.17, 15) is 9.18 Å². The standard InChI is InChI=1S/C13H13BrFN3O2/c1-17-13(19)10-7-20-5-4-18(10)9-3-2-8(6-16)11(14)12(9)15/h2-3,10H,4-5,7H2,1H3,(H,17,19). The number of amides is 1. The first-order valence-electron chi connectivity index (χ1n) is 6.04. The second-order valence-corrected chi connectivity index (χ2v) is 5.06. The Labute approximate surface area is 124 Å². The van der Waals surface area contributed by atoms with Crippen LogP contribution in [0.4, 0.5) is 10.1 Å². The molecule has 0 aliphatic carbocycles. The first-order chi connectivity index (χ1) is 9.60. The molecule has 1 fully saturated rings. The summed E-state index contributed by atoms with van der Waals surface area (Å²) in [5, 5.41) is 11.4. The van der Waals surface area contributed by atoms with Gasteiger partial charge in [0, 0.05) is 13.6 Å². The highest BCUT2D eigenvalue weighted by Crippen LogP contribution is 2.31. The third-order valence-electron chi connectivity index (χ3n) is 3.17. The van der Waals surface area contributed by atoms with Gasteiger partial charge in [-0.1, -0.05) is 0 Å². The van der Waals surface area contributed by atoms with Gasteiger partial charge in [-0.25, -0.2) is 4.39 Å². The first-order valence-corrected chi connectivity index (χ1v) is 6.83. The quantitative estimate of drug-likeness (QED) is 0.883. The Balaban J connectivity index is 2.41. The number of benzene rings is 1. The van der Waals surface area contributed by atoms with Crippen LogP contribution in [0.2, 0.25) is 0 Å². The predicted octanol–water partition coefficient (Wildman–Crippen LogP) is 1.41. The van der Waals surface area contributed by atoms with Crippen molar-refractivity contribution in [1.29, 1.82) is 5.26 Å². The average molecular weight is 342 g/mol. The maximum absolute atomic E-state index is 14.4. The van der Waals surface area contributed by atoms with Crippen molar-refractivity contribution in [2.75, 3.05) is 31.7 Å². The number of hydrogen-bond donors (Lipinski definition) is 1. The highest BCUT2D eigenvalue weighted by Gasteiger charge is 2.31. The Morgan fingerprint density at radius 3 is 3.05 bits per heavy atom. The lowest BCUT2D eigenvalue weighted by molar-refractivity contribution is -0.124. The molecule has 0 saturated carbocycles. The molecule has 1 atom stereocenters. The summed E-state index contributed by atoms with van der Waals surface area (Å²) in [6, 6.07) is 4.36. The summed E-state index contributed by atoms with van der Waals surface area (Å²) in [6.45, 7) is 1.04. The Hall–Kier alpha value is -1.65. The molecule has 7 heteroatoms. The van der Waals surface area contributed by atoms with Gasteiger partial charge in [0.2, 0.25) is 5.91 Å². The van der Waals surface area contributed by atoms with Crippen molar-refractivity contribution in [3.05, 3.63) is 28.0 Å². The molecule has 1 aliphatic heterocycles. The number of hydrogen-bond acceptors (Lipinski definition) is 4.